The van der Waals surface area contributed by atoms with E-state index in [2.05, 4.69) is 0 Å². The Labute approximate surface area is 160 Å². The van der Waals surface area contributed by atoms with Gasteiger partial charge in [0.05, 0.1) is 11.1 Å². The molecule has 0 saturated heterocycles. The maximum absolute atomic E-state index is 13.8. The highest BCUT2D eigenvalue weighted by atomic mass is 19.1. The SMILES string of the molecule is Cc1ccc(/C=C2\Oc3c(ccc(OC(=O)c4ccccc4F)c3C)C2=O)o1. The molecule has 28 heavy (non-hydrogen) atoms. The van der Waals surface area contributed by atoms with E-state index in [1.807, 2.05) is 0 Å². The summed E-state index contributed by atoms with van der Waals surface area (Å²) in [4.78, 5) is 24.8. The second kappa shape index (κ2) is 6.81. The number of Topliss-reactive ketones (excluding diaryl/α,β-unsaturated/α-hetero) is 1. The molecular weight excluding hydrogens is 363 g/mol. The van der Waals surface area contributed by atoms with E-state index in [1.54, 1.807) is 32.0 Å². The molecule has 6 heteroatoms. The number of ketones is 1. The fourth-order valence-corrected chi connectivity index (χ4v) is 2.92. The fourth-order valence-electron chi connectivity index (χ4n) is 2.92. The predicted octanol–water partition coefficient (Wildman–Crippen LogP) is 4.87. The smallest absolute Gasteiger partial charge is 0.346 e. The second-order valence-corrected chi connectivity index (χ2v) is 6.32. The van der Waals surface area contributed by atoms with Gasteiger partial charge in [-0.15, -0.1) is 0 Å². The van der Waals surface area contributed by atoms with Crippen LogP contribution in [0.1, 0.15) is 37.8 Å². The normalized spacial score (nSPS) is 14.1. The van der Waals surface area contributed by atoms with Gasteiger partial charge in [-0.25, -0.2) is 9.18 Å². The summed E-state index contributed by atoms with van der Waals surface area (Å²) in [5, 5.41) is 0. The lowest BCUT2D eigenvalue weighted by Crippen LogP contribution is -2.11. The van der Waals surface area contributed by atoms with Crippen molar-refractivity contribution >= 4 is 17.8 Å². The lowest BCUT2D eigenvalue weighted by atomic mass is 10.1. The van der Waals surface area contributed by atoms with Crippen molar-refractivity contribution in [2.45, 2.75) is 13.8 Å². The summed E-state index contributed by atoms with van der Waals surface area (Å²) in [6.45, 7) is 3.46. The number of esters is 1. The summed E-state index contributed by atoms with van der Waals surface area (Å²) in [6.07, 6.45) is 1.51. The quantitative estimate of drug-likeness (QED) is 0.370. The number of aryl methyl sites for hydroxylation is 1. The van der Waals surface area contributed by atoms with Gasteiger partial charge in [-0.1, -0.05) is 12.1 Å². The molecule has 0 fully saturated rings. The number of hydrogen-bond donors (Lipinski definition) is 0. The maximum atomic E-state index is 13.8. The van der Waals surface area contributed by atoms with E-state index in [1.165, 1.54) is 36.4 Å². The molecule has 5 nitrogen and oxygen atoms in total. The van der Waals surface area contributed by atoms with E-state index >= 15 is 0 Å². The van der Waals surface area contributed by atoms with E-state index in [9.17, 15) is 14.0 Å². The van der Waals surface area contributed by atoms with Crippen LogP contribution in [0.2, 0.25) is 0 Å². The molecule has 0 bridgehead atoms. The molecule has 140 valence electrons. The lowest BCUT2D eigenvalue weighted by Gasteiger charge is -2.10. The number of carbonyl (C=O) groups is 2. The third-order valence-electron chi connectivity index (χ3n) is 4.37. The van der Waals surface area contributed by atoms with E-state index < -0.39 is 11.8 Å². The van der Waals surface area contributed by atoms with Crippen LogP contribution in [0, 0.1) is 19.7 Å². The van der Waals surface area contributed by atoms with Gasteiger partial charge >= 0.3 is 5.97 Å². The minimum absolute atomic E-state index is 0.116. The number of carbonyl (C=O) groups excluding carboxylic acids is 2. The van der Waals surface area contributed by atoms with Crippen LogP contribution in [0.15, 0.2) is 58.7 Å². The van der Waals surface area contributed by atoms with Gasteiger partial charge in [0.2, 0.25) is 5.78 Å². The summed E-state index contributed by atoms with van der Waals surface area (Å²) in [5.41, 5.74) is 0.653. The number of benzene rings is 2. The molecule has 1 aromatic heterocycles. The van der Waals surface area contributed by atoms with Gasteiger partial charge in [0.15, 0.2) is 5.76 Å². The first-order valence-electron chi connectivity index (χ1n) is 8.55. The molecule has 0 amide bonds. The van der Waals surface area contributed by atoms with Crippen molar-refractivity contribution in [3.05, 3.63) is 88.3 Å². The third kappa shape index (κ3) is 3.09. The minimum atomic E-state index is -0.827. The summed E-state index contributed by atoms with van der Waals surface area (Å²) >= 11 is 0. The van der Waals surface area contributed by atoms with Crippen LogP contribution >= 0.6 is 0 Å². The first kappa shape index (κ1) is 17.7. The Morgan fingerprint density at radius 2 is 1.86 bits per heavy atom. The van der Waals surface area contributed by atoms with Crippen LogP contribution in [0.5, 0.6) is 11.5 Å². The predicted molar refractivity (Wildman–Crippen MR) is 98.9 cm³/mol. The zero-order chi connectivity index (χ0) is 19.8. The Bertz CT molecular complexity index is 1140. The minimum Gasteiger partial charge on any atom is -0.462 e. The monoisotopic (exact) mass is 378 g/mol. The zero-order valence-electron chi connectivity index (χ0n) is 15.1. The van der Waals surface area contributed by atoms with E-state index in [0.29, 0.717) is 28.4 Å². The molecular formula is C22H15FO5. The molecule has 1 aliphatic rings. The molecule has 0 radical (unpaired) electrons. The number of ether oxygens (including phenoxy) is 2. The molecule has 0 unspecified atom stereocenters. The number of allylic oxidation sites excluding steroid dienone is 1. The zero-order valence-corrected chi connectivity index (χ0v) is 15.1. The van der Waals surface area contributed by atoms with Crippen LogP contribution in [-0.4, -0.2) is 11.8 Å². The average molecular weight is 378 g/mol. The van der Waals surface area contributed by atoms with Crippen molar-refractivity contribution in [1.29, 1.82) is 0 Å². The second-order valence-electron chi connectivity index (χ2n) is 6.32. The highest BCUT2D eigenvalue weighted by Crippen LogP contribution is 2.39. The number of halogens is 1. The standard InChI is InChI=1S/C22H15FO5/c1-12-7-8-14(26-12)11-19-20(24)16-9-10-18(13(2)21(16)27-19)28-22(25)15-5-3-4-6-17(15)23/h3-11H,1-2H3/b19-11-. The van der Waals surface area contributed by atoms with Gasteiger partial charge in [-0.05, 0) is 50.2 Å². The van der Waals surface area contributed by atoms with Gasteiger partial charge < -0.3 is 13.9 Å². The Hall–Kier alpha value is -3.67. The van der Waals surface area contributed by atoms with E-state index in [0.717, 1.165) is 0 Å². The Balaban J connectivity index is 1.63. The van der Waals surface area contributed by atoms with Crippen molar-refractivity contribution in [3.8, 4) is 11.5 Å². The first-order valence-corrected chi connectivity index (χ1v) is 8.55. The van der Waals surface area contributed by atoms with Crippen molar-refractivity contribution in [1.82, 2.24) is 0 Å². The number of rotatable bonds is 3. The fraction of sp³-hybridized carbons (Fsp3) is 0.0909. The highest BCUT2D eigenvalue weighted by Gasteiger charge is 2.31. The molecule has 0 spiro atoms. The molecule has 0 saturated carbocycles. The molecule has 0 atom stereocenters. The summed E-state index contributed by atoms with van der Waals surface area (Å²) in [7, 11) is 0. The Morgan fingerprint density at radius 3 is 2.57 bits per heavy atom. The summed E-state index contributed by atoms with van der Waals surface area (Å²) in [5.74, 6) is 0.0345. The van der Waals surface area contributed by atoms with Crippen molar-refractivity contribution in [3.63, 3.8) is 0 Å². The lowest BCUT2D eigenvalue weighted by molar-refractivity contribution is 0.0728. The Morgan fingerprint density at radius 1 is 1.07 bits per heavy atom. The van der Waals surface area contributed by atoms with Gasteiger partial charge in [0, 0.05) is 11.6 Å². The van der Waals surface area contributed by atoms with Crippen LogP contribution in [0.4, 0.5) is 4.39 Å². The van der Waals surface area contributed by atoms with Crippen molar-refractivity contribution < 1.29 is 27.9 Å². The highest BCUT2D eigenvalue weighted by molar-refractivity contribution is 6.14. The largest absolute Gasteiger partial charge is 0.462 e. The number of fused-ring (bicyclic) bond motifs is 1. The topological polar surface area (TPSA) is 65.7 Å². The molecule has 2 heterocycles. The molecule has 1 aliphatic heterocycles. The van der Waals surface area contributed by atoms with Crippen LogP contribution < -0.4 is 9.47 Å². The van der Waals surface area contributed by atoms with Gasteiger partial charge in [0.1, 0.15) is 28.8 Å². The third-order valence-corrected chi connectivity index (χ3v) is 4.37. The average Bonchev–Trinajstić information content (AvgIpc) is 3.22. The van der Waals surface area contributed by atoms with E-state index in [-0.39, 0.29) is 22.9 Å². The Kier molecular flexibility index (Phi) is 4.31. The summed E-state index contributed by atoms with van der Waals surface area (Å²) < 4.78 is 30.3. The van der Waals surface area contributed by atoms with Crippen LogP contribution in [0.25, 0.3) is 6.08 Å². The van der Waals surface area contributed by atoms with Gasteiger partial charge in [-0.2, -0.15) is 0 Å². The van der Waals surface area contributed by atoms with Crippen molar-refractivity contribution in [2.24, 2.45) is 0 Å². The number of hydrogen-bond acceptors (Lipinski definition) is 5. The molecule has 2 aromatic carbocycles. The van der Waals surface area contributed by atoms with Crippen LogP contribution in [-0.2, 0) is 0 Å². The molecule has 0 N–H and O–H groups in total. The molecule has 0 aliphatic carbocycles. The van der Waals surface area contributed by atoms with Gasteiger partial charge in [0.25, 0.3) is 0 Å². The van der Waals surface area contributed by atoms with Crippen LogP contribution in [0.3, 0.4) is 0 Å². The van der Waals surface area contributed by atoms with Gasteiger partial charge in [-0.3, -0.25) is 4.79 Å². The molecule has 3 aromatic rings. The van der Waals surface area contributed by atoms with Crippen molar-refractivity contribution in [2.75, 3.05) is 0 Å². The van der Waals surface area contributed by atoms with E-state index in [4.69, 9.17) is 13.9 Å². The maximum Gasteiger partial charge on any atom is 0.346 e. The first-order chi connectivity index (χ1) is 13.4. The molecule has 4 rings (SSSR count). The number of furan rings is 1. The summed E-state index contributed by atoms with van der Waals surface area (Å²) in [6, 6.07) is 12.1.